The Kier molecular flexibility index (Phi) is 3.90. The van der Waals surface area contributed by atoms with Gasteiger partial charge in [0.25, 0.3) is 0 Å². The highest BCUT2D eigenvalue weighted by Crippen LogP contribution is 2.34. The number of nitrogens with one attached hydrogen (secondary N) is 1. The summed E-state index contributed by atoms with van der Waals surface area (Å²) in [6.07, 6.45) is 0.689. The molecule has 1 aliphatic rings. The van der Waals surface area contributed by atoms with E-state index < -0.39 is 5.92 Å². The Balaban J connectivity index is 2.42. The normalized spacial score (nSPS) is 19.7. The van der Waals surface area contributed by atoms with Gasteiger partial charge in [-0.25, -0.2) is 4.39 Å². The standard InChI is InChI=1S/C14H15ClFNO2/c1-7(2)9-5-10(11(15)6-12(9)16)8-3-4-13(18)17-14(8)19/h5-8H,3-4H2,1-2H3,(H,17,18,19). The van der Waals surface area contributed by atoms with Crippen molar-refractivity contribution in [2.75, 3.05) is 0 Å². The van der Waals surface area contributed by atoms with Crippen LogP contribution in [0.1, 0.15) is 49.7 Å². The lowest BCUT2D eigenvalue weighted by Crippen LogP contribution is -2.39. The predicted molar refractivity (Wildman–Crippen MR) is 70.6 cm³/mol. The zero-order chi connectivity index (χ0) is 14.2. The van der Waals surface area contributed by atoms with Gasteiger partial charge in [0, 0.05) is 11.4 Å². The second-order valence-electron chi connectivity index (χ2n) is 5.05. The molecule has 0 aromatic heterocycles. The van der Waals surface area contributed by atoms with Gasteiger partial charge in [-0.05, 0) is 29.5 Å². The Morgan fingerprint density at radius 2 is 2.05 bits per heavy atom. The van der Waals surface area contributed by atoms with Crippen LogP contribution in [0.5, 0.6) is 0 Å². The summed E-state index contributed by atoms with van der Waals surface area (Å²) in [7, 11) is 0. The summed E-state index contributed by atoms with van der Waals surface area (Å²) < 4.78 is 13.8. The van der Waals surface area contributed by atoms with Crippen molar-refractivity contribution in [1.29, 1.82) is 0 Å². The highest BCUT2D eigenvalue weighted by molar-refractivity contribution is 6.31. The number of amides is 2. The van der Waals surface area contributed by atoms with Crippen LogP contribution in [0.25, 0.3) is 0 Å². The molecular weight excluding hydrogens is 269 g/mol. The molecule has 1 aliphatic heterocycles. The predicted octanol–water partition coefficient (Wildman–Crippen LogP) is 3.12. The molecule has 1 heterocycles. The maximum atomic E-state index is 13.8. The topological polar surface area (TPSA) is 46.2 Å². The molecule has 1 N–H and O–H groups in total. The summed E-state index contributed by atoms with van der Waals surface area (Å²) in [6, 6.07) is 2.89. The van der Waals surface area contributed by atoms with Gasteiger partial charge in [-0.15, -0.1) is 0 Å². The molecule has 2 rings (SSSR count). The maximum Gasteiger partial charge on any atom is 0.234 e. The second-order valence-corrected chi connectivity index (χ2v) is 5.46. The zero-order valence-electron chi connectivity index (χ0n) is 10.8. The van der Waals surface area contributed by atoms with Crippen LogP contribution in [-0.2, 0) is 9.59 Å². The van der Waals surface area contributed by atoms with Crippen LogP contribution in [-0.4, -0.2) is 11.8 Å². The molecule has 0 spiro atoms. The molecular formula is C14H15ClFNO2. The lowest BCUT2D eigenvalue weighted by Gasteiger charge is -2.23. The molecule has 0 aliphatic carbocycles. The van der Waals surface area contributed by atoms with Crippen LogP contribution >= 0.6 is 11.6 Å². The van der Waals surface area contributed by atoms with Crippen molar-refractivity contribution >= 4 is 23.4 Å². The smallest absolute Gasteiger partial charge is 0.234 e. The third-order valence-electron chi connectivity index (χ3n) is 3.35. The van der Waals surface area contributed by atoms with Crippen LogP contribution in [0.2, 0.25) is 5.02 Å². The first-order valence-electron chi connectivity index (χ1n) is 6.22. The average Bonchev–Trinajstić information content (AvgIpc) is 2.30. The summed E-state index contributed by atoms with van der Waals surface area (Å²) in [5, 5.41) is 2.52. The van der Waals surface area contributed by atoms with Crippen LogP contribution in [0.3, 0.4) is 0 Å². The highest BCUT2D eigenvalue weighted by Gasteiger charge is 2.30. The number of benzene rings is 1. The fraction of sp³-hybridized carbons (Fsp3) is 0.429. The van der Waals surface area contributed by atoms with Crippen molar-refractivity contribution < 1.29 is 14.0 Å². The molecule has 2 amide bonds. The van der Waals surface area contributed by atoms with Crippen molar-refractivity contribution in [3.05, 3.63) is 34.1 Å². The molecule has 5 heteroatoms. The van der Waals surface area contributed by atoms with Crippen molar-refractivity contribution in [3.8, 4) is 0 Å². The van der Waals surface area contributed by atoms with Crippen molar-refractivity contribution in [1.82, 2.24) is 5.32 Å². The number of carbonyl (C=O) groups excluding carboxylic acids is 2. The summed E-state index contributed by atoms with van der Waals surface area (Å²) in [6.45, 7) is 3.75. The average molecular weight is 284 g/mol. The van der Waals surface area contributed by atoms with Crippen LogP contribution < -0.4 is 5.32 Å². The second kappa shape index (κ2) is 5.29. The molecule has 19 heavy (non-hydrogen) atoms. The summed E-state index contributed by atoms with van der Waals surface area (Å²) in [5.74, 6) is -1.48. The highest BCUT2D eigenvalue weighted by atomic mass is 35.5. The number of hydrogen-bond acceptors (Lipinski definition) is 2. The number of hydrogen-bond donors (Lipinski definition) is 1. The molecule has 102 valence electrons. The van der Waals surface area contributed by atoms with E-state index in [0.29, 0.717) is 17.5 Å². The first-order valence-corrected chi connectivity index (χ1v) is 6.60. The number of halogens is 2. The largest absolute Gasteiger partial charge is 0.296 e. The van der Waals surface area contributed by atoms with Crippen LogP contribution in [0, 0.1) is 5.82 Å². The first kappa shape index (κ1) is 14.0. The van der Waals surface area contributed by atoms with Crippen molar-refractivity contribution in [2.45, 2.75) is 38.5 Å². The van der Waals surface area contributed by atoms with E-state index in [1.54, 1.807) is 6.07 Å². The molecule has 0 bridgehead atoms. The van der Waals surface area contributed by atoms with E-state index >= 15 is 0 Å². The van der Waals surface area contributed by atoms with Gasteiger partial charge in [-0.1, -0.05) is 31.5 Å². The number of imide groups is 1. The molecule has 1 atom stereocenters. The Hall–Kier alpha value is -1.42. The van der Waals surface area contributed by atoms with Gasteiger partial charge in [0.15, 0.2) is 0 Å². The number of rotatable bonds is 2. The fourth-order valence-corrected chi connectivity index (χ4v) is 2.57. The van der Waals surface area contributed by atoms with Gasteiger partial charge in [0.2, 0.25) is 11.8 Å². The van der Waals surface area contributed by atoms with Crippen LogP contribution in [0.15, 0.2) is 12.1 Å². The number of carbonyl (C=O) groups is 2. The molecule has 1 unspecified atom stereocenters. The molecule has 0 saturated carbocycles. The molecule has 3 nitrogen and oxygen atoms in total. The van der Waals surface area contributed by atoms with Gasteiger partial charge in [0.05, 0.1) is 5.92 Å². The summed E-state index contributed by atoms with van der Waals surface area (Å²) in [5.41, 5.74) is 1.13. The maximum absolute atomic E-state index is 13.8. The minimum Gasteiger partial charge on any atom is -0.296 e. The Morgan fingerprint density at radius 1 is 1.37 bits per heavy atom. The van der Waals surface area contributed by atoms with Gasteiger partial charge >= 0.3 is 0 Å². The van der Waals surface area contributed by atoms with Gasteiger partial charge < -0.3 is 0 Å². The number of piperidine rings is 1. The van der Waals surface area contributed by atoms with E-state index in [9.17, 15) is 14.0 Å². The third-order valence-corrected chi connectivity index (χ3v) is 3.68. The van der Waals surface area contributed by atoms with E-state index in [1.807, 2.05) is 13.8 Å². The van der Waals surface area contributed by atoms with E-state index in [4.69, 9.17) is 11.6 Å². The lowest BCUT2D eigenvalue weighted by molar-refractivity contribution is -0.134. The minimum absolute atomic E-state index is 0.00398. The molecule has 1 saturated heterocycles. The Labute approximate surface area is 116 Å². The summed E-state index contributed by atoms with van der Waals surface area (Å²) >= 11 is 6.04. The minimum atomic E-state index is -0.483. The van der Waals surface area contributed by atoms with E-state index in [1.165, 1.54) is 6.07 Å². The quantitative estimate of drug-likeness (QED) is 0.848. The van der Waals surface area contributed by atoms with Gasteiger partial charge in [0.1, 0.15) is 5.82 Å². The van der Waals surface area contributed by atoms with E-state index in [-0.39, 0.29) is 35.0 Å². The van der Waals surface area contributed by atoms with Crippen LogP contribution in [0.4, 0.5) is 4.39 Å². The molecule has 1 aromatic carbocycles. The van der Waals surface area contributed by atoms with Crippen molar-refractivity contribution in [3.63, 3.8) is 0 Å². The van der Waals surface area contributed by atoms with E-state index in [2.05, 4.69) is 5.32 Å². The Bertz CT molecular complexity index is 542. The Morgan fingerprint density at radius 3 is 2.63 bits per heavy atom. The van der Waals surface area contributed by atoms with Gasteiger partial charge in [-0.2, -0.15) is 0 Å². The lowest BCUT2D eigenvalue weighted by atomic mass is 9.88. The van der Waals surface area contributed by atoms with Crippen molar-refractivity contribution in [2.24, 2.45) is 0 Å². The zero-order valence-corrected chi connectivity index (χ0v) is 11.6. The molecule has 0 radical (unpaired) electrons. The fourth-order valence-electron chi connectivity index (χ4n) is 2.28. The monoisotopic (exact) mass is 283 g/mol. The van der Waals surface area contributed by atoms with Gasteiger partial charge in [-0.3, -0.25) is 14.9 Å². The molecule has 1 aromatic rings. The SMILES string of the molecule is CC(C)c1cc(C2CCC(=O)NC2=O)c(Cl)cc1F. The molecule has 1 fully saturated rings. The summed E-state index contributed by atoms with van der Waals surface area (Å²) in [4.78, 5) is 23.0. The van der Waals surface area contributed by atoms with E-state index in [0.717, 1.165) is 0 Å². The first-order chi connectivity index (χ1) is 8.90. The third kappa shape index (κ3) is 2.78.